The van der Waals surface area contributed by atoms with Crippen molar-refractivity contribution in [1.82, 2.24) is 5.32 Å². The number of nitrogens with one attached hydrogen (secondary N) is 1. The molecule has 4 heteroatoms. The van der Waals surface area contributed by atoms with Crippen LogP contribution in [0.3, 0.4) is 0 Å². The summed E-state index contributed by atoms with van der Waals surface area (Å²) in [7, 11) is 1.88. The van der Waals surface area contributed by atoms with E-state index in [1.807, 2.05) is 7.05 Å². The Kier molecular flexibility index (Phi) is 5.58. The highest BCUT2D eigenvalue weighted by Crippen LogP contribution is 2.43. The van der Waals surface area contributed by atoms with Crippen LogP contribution in [0.4, 0.5) is 0 Å². The number of hydrogen-bond acceptors (Lipinski definition) is 1. The van der Waals surface area contributed by atoms with Gasteiger partial charge >= 0.3 is 0 Å². The lowest BCUT2D eigenvalue weighted by Gasteiger charge is -2.46. The van der Waals surface area contributed by atoms with E-state index < -0.39 is 0 Å². The summed E-state index contributed by atoms with van der Waals surface area (Å²) in [6.07, 6.45) is 5.92. The van der Waals surface area contributed by atoms with Crippen LogP contribution < -0.4 is 5.32 Å². The first kappa shape index (κ1) is 15.6. The van der Waals surface area contributed by atoms with Crippen LogP contribution in [0.1, 0.15) is 52.9 Å². The van der Waals surface area contributed by atoms with E-state index in [4.69, 9.17) is 23.6 Å². The molecule has 3 unspecified atom stereocenters. The Hall–Kier alpha value is 0.500. The number of halogens is 2. The fraction of sp³-hybridized carbons (Fsp3) is 1.00. The molecule has 0 aliphatic heterocycles. The fourth-order valence-corrected chi connectivity index (χ4v) is 3.12. The highest BCUT2D eigenvalue weighted by atomic mass is 35.5. The predicted octanol–water partition coefficient (Wildman–Crippen LogP) is 4.08. The molecule has 2 nitrogen and oxygen atoms in total. The molecule has 0 radical (unpaired) electrons. The molecule has 0 aromatic rings. The molecule has 17 heavy (non-hydrogen) atoms. The summed E-state index contributed by atoms with van der Waals surface area (Å²) in [6.45, 7) is 7.81. The highest BCUT2D eigenvalue weighted by Gasteiger charge is 2.52. The van der Waals surface area contributed by atoms with Gasteiger partial charge in [0.1, 0.15) is 12.6 Å². The fourth-order valence-electron chi connectivity index (χ4n) is 2.71. The number of rotatable bonds is 5. The lowest BCUT2D eigenvalue weighted by molar-refractivity contribution is -0.738. The second-order valence-corrected chi connectivity index (χ2v) is 7.42. The van der Waals surface area contributed by atoms with Gasteiger partial charge in [-0.05, 0) is 38.6 Å². The lowest BCUT2D eigenvalue weighted by atomic mass is 9.74. The average molecular weight is 282 g/mol. The maximum absolute atomic E-state index is 6.37. The van der Waals surface area contributed by atoms with E-state index in [0.717, 1.165) is 18.9 Å². The zero-order valence-electron chi connectivity index (χ0n) is 11.6. The smallest absolute Gasteiger partial charge is 0.187 e. The minimum absolute atomic E-state index is 0.0174. The Morgan fingerprint density at radius 3 is 2.59 bits per heavy atom. The number of unbranched alkanes of at least 4 members (excludes halogenated alkanes) is 1. The third kappa shape index (κ3) is 3.73. The molecule has 1 aliphatic carbocycles. The van der Waals surface area contributed by atoms with Gasteiger partial charge in [0.2, 0.25) is 0 Å². The summed E-state index contributed by atoms with van der Waals surface area (Å²) in [5.74, 6) is 0.766. The molecule has 1 N–H and O–H groups in total. The zero-order chi connectivity index (χ0) is 13.1. The van der Waals surface area contributed by atoms with Gasteiger partial charge in [-0.25, -0.2) is 0 Å². The summed E-state index contributed by atoms with van der Waals surface area (Å²) in [4.78, 5) is 0. The van der Waals surface area contributed by atoms with Crippen molar-refractivity contribution in [2.45, 2.75) is 64.5 Å². The number of likely N-dealkylation sites (N-methyl/N-ethyl adjacent to an activating group) is 1. The van der Waals surface area contributed by atoms with Gasteiger partial charge in [0.15, 0.2) is 23.6 Å². The molecular formula is C13H27Cl2N2+. The van der Waals surface area contributed by atoms with Crippen LogP contribution >= 0.6 is 23.6 Å². The van der Waals surface area contributed by atoms with Crippen molar-refractivity contribution in [3.63, 3.8) is 0 Å². The molecule has 0 aromatic heterocycles. The van der Waals surface area contributed by atoms with Crippen LogP contribution in [0.25, 0.3) is 0 Å². The molecular weight excluding hydrogens is 255 g/mol. The first-order chi connectivity index (χ1) is 7.81. The molecule has 0 heterocycles. The van der Waals surface area contributed by atoms with Crippen LogP contribution in [0.15, 0.2) is 0 Å². The van der Waals surface area contributed by atoms with Gasteiger partial charge in [-0.1, -0.05) is 20.3 Å². The Morgan fingerprint density at radius 1 is 1.41 bits per heavy atom. The third-order valence-corrected chi connectivity index (χ3v) is 5.12. The third-order valence-electron chi connectivity index (χ3n) is 4.35. The Labute approximate surface area is 116 Å². The quantitative estimate of drug-likeness (QED) is 0.592. The van der Waals surface area contributed by atoms with Gasteiger partial charge in [-0.15, -0.1) is 3.52 Å². The second kappa shape index (κ2) is 6.10. The van der Waals surface area contributed by atoms with Crippen molar-refractivity contribution >= 4 is 23.6 Å². The van der Waals surface area contributed by atoms with Crippen molar-refractivity contribution < 1.29 is 3.52 Å². The van der Waals surface area contributed by atoms with Crippen molar-refractivity contribution in [3.05, 3.63) is 0 Å². The standard InChI is InChI=1S/C13H27Cl2N2/c1-5-6-9-16-12-10-11(2)7-8-13(12,3)17(4,14)15/h11-12,16H,5-10H2,1-4H3/q+1. The lowest BCUT2D eigenvalue weighted by Crippen LogP contribution is -2.63. The molecule has 1 fully saturated rings. The highest BCUT2D eigenvalue weighted by molar-refractivity contribution is 6.23. The molecule has 0 spiro atoms. The van der Waals surface area contributed by atoms with E-state index in [2.05, 4.69) is 26.1 Å². The zero-order valence-corrected chi connectivity index (χ0v) is 13.1. The number of hydrogen-bond donors (Lipinski definition) is 1. The maximum Gasteiger partial charge on any atom is 0.187 e. The molecule has 3 atom stereocenters. The minimum atomic E-state index is -0.0800. The molecule has 102 valence electrons. The molecule has 0 saturated heterocycles. The molecule has 0 amide bonds. The molecule has 1 aliphatic rings. The summed E-state index contributed by atoms with van der Waals surface area (Å²) in [5.41, 5.74) is -0.0800. The van der Waals surface area contributed by atoms with Crippen molar-refractivity contribution in [2.24, 2.45) is 5.92 Å². The van der Waals surface area contributed by atoms with Crippen LogP contribution in [-0.2, 0) is 0 Å². The molecule has 1 saturated carbocycles. The first-order valence-electron chi connectivity index (χ1n) is 6.80. The van der Waals surface area contributed by atoms with Gasteiger partial charge in [-0.3, -0.25) is 0 Å². The van der Waals surface area contributed by atoms with Gasteiger partial charge in [-0.2, -0.15) is 0 Å². The van der Waals surface area contributed by atoms with Crippen LogP contribution in [0.2, 0.25) is 0 Å². The number of quaternary nitrogens is 1. The van der Waals surface area contributed by atoms with Crippen molar-refractivity contribution in [2.75, 3.05) is 13.6 Å². The van der Waals surface area contributed by atoms with Crippen LogP contribution in [-0.4, -0.2) is 28.7 Å². The Bertz CT molecular complexity index is 240. The Balaban J connectivity index is 2.71. The summed E-state index contributed by atoms with van der Waals surface area (Å²) >= 11 is 12.7. The minimum Gasteiger partial charge on any atom is -0.308 e. The second-order valence-electron chi connectivity index (χ2n) is 5.89. The molecule has 1 rings (SSSR count). The summed E-state index contributed by atoms with van der Waals surface area (Å²) < 4.78 is 0.0174. The van der Waals surface area contributed by atoms with Crippen LogP contribution in [0.5, 0.6) is 0 Å². The molecule has 0 aromatic carbocycles. The van der Waals surface area contributed by atoms with Gasteiger partial charge < -0.3 is 5.32 Å². The summed E-state index contributed by atoms with van der Waals surface area (Å²) in [6, 6.07) is 0.415. The predicted molar refractivity (Wildman–Crippen MR) is 76.0 cm³/mol. The molecule has 0 bridgehead atoms. The van der Waals surface area contributed by atoms with Crippen LogP contribution in [0, 0.1) is 5.92 Å². The average Bonchev–Trinajstić information content (AvgIpc) is 2.22. The monoisotopic (exact) mass is 281 g/mol. The topological polar surface area (TPSA) is 12.0 Å². The van der Waals surface area contributed by atoms with Crippen molar-refractivity contribution in [3.8, 4) is 0 Å². The normalized spacial score (nSPS) is 34.9. The van der Waals surface area contributed by atoms with Gasteiger partial charge in [0, 0.05) is 6.42 Å². The van der Waals surface area contributed by atoms with E-state index in [1.54, 1.807) is 0 Å². The largest absolute Gasteiger partial charge is 0.308 e. The van der Waals surface area contributed by atoms with Crippen molar-refractivity contribution in [1.29, 1.82) is 0 Å². The number of nitrogens with zero attached hydrogens (tertiary/aromatic N) is 1. The van der Waals surface area contributed by atoms with E-state index in [0.29, 0.717) is 6.04 Å². The van der Waals surface area contributed by atoms with Gasteiger partial charge in [0.05, 0.1) is 6.04 Å². The van der Waals surface area contributed by atoms with E-state index >= 15 is 0 Å². The van der Waals surface area contributed by atoms with E-state index in [9.17, 15) is 0 Å². The summed E-state index contributed by atoms with van der Waals surface area (Å²) in [5, 5.41) is 3.67. The SMILES string of the molecule is CCCCNC1CC(C)CCC1(C)[N+](C)(Cl)Cl. The van der Waals surface area contributed by atoms with Gasteiger partial charge in [0.25, 0.3) is 0 Å². The first-order valence-corrected chi connectivity index (χ1v) is 7.48. The van der Waals surface area contributed by atoms with E-state index in [-0.39, 0.29) is 9.06 Å². The van der Waals surface area contributed by atoms with E-state index in [1.165, 1.54) is 25.7 Å². The Morgan fingerprint density at radius 2 is 2.06 bits per heavy atom. The maximum atomic E-state index is 6.37.